The van der Waals surface area contributed by atoms with Gasteiger partial charge in [-0.25, -0.2) is 9.78 Å². The third-order valence-corrected chi connectivity index (χ3v) is 3.37. The molecule has 1 aliphatic carbocycles. The lowest BCUT2D eigenvalue weighted by Gasteiger charge is -2.16. The van der Waals surface area contributed by atoms with Crippen molar-refractivity contribution in [2.24, 2.45) is 0 Å². The first-order valence-electron chi connectivity index (χ1n) is 6.53. The summed E-state index contributed by atoms with van der Waals surface area (Å²) >= 11 is 0. The van der Waals surface area contributed by atoms with E-state index in [-0.39, 0.29) is 18.1 Å². The van der Waals surface area contributed by atoms with Gasteiger partial charge in [0, 0.05) is 0 Å². The number of hydrogen-bond donors (Lipinski definition) is 0. The Hall–Kier alpha value is -2.10. The Kier molecular flexibility index (Phi) is 3.07. The molecule has 0 spiro atoms. The minimum atomic E-state index is -0.275. The number of ether oxygens (including phenoxy) is 1. The number of aromatic nitrogens is 2. The third kappa shape index (κ3) is 2.52. The molecular weight excluding hydrogens is 240 g/mol. The fourth-order valence-electron chi connectivity index (χ4n) is 2.06. The van der Waals surface area contributed by atoms with Gasteiger partial charge in [0.2, 0.25) is 0 Å². The van der Waals surface area contributed by atoms with Crippen LogP contribution in [-0.4, -0.2) is 21.6 Å². The van der Waals surface area contributed by atoms with E-state index in [0.29, 0.717) is 5.69 Å². The van der Waals surface area contributed by atoms with Crippen LogP contribution >= 0.6 is 0 Å². The van der Waals surface area contributed by atoms with Crippen molar-refractivity contribution in [3.05, 3.63) is 54.1 Å². The molecule has 1 aromatic carbocycles. The molecule has 4 nitrogen and oxygen atoms in total. The van der Waals surface area contributed by atoms with Crippen molar-refractivity contribution in [2.45, 2.75) is 31.9 Å². The van der Waals surface area contributed by atoms with Crippen LogP contribution in [0, 0.1) is 0 Å². The lowest BCUT2D eigenvalue weighted by molar-refractivity contribution is 0.0458. The monoisotopic (exact) mass is 256 g/mol. The van der Waals surface area contributed by atoms with E-state index in [1.165, 1.54) is 0 Å². The summed E-state index contributed by atoms with van der Waals surface area (Å²) in [7, 11) is 0. The molecule has 4 heteroatoms. The van der Waals surface area contributed by atoms with Crippen LogP contribution in [0.3, 0.4) is 0 Å². The van der Waals surface area contributed by atoms with E-state index in [4.69, 9.17) is 4.74 Å². The van der Waals surface area contributed by atoms with Gasteiger partial charge < -0.3 is 9.30 Å². The van der Waals surface area contributed by atoms with Gasteiger partial charge in [-0.1, -0.05) is 30.3 Å². The Morgan fingerprint density at radius 3 is 2.79 bits per heavy atom. The molecule has 19 heavy (non-hydrogen) atoms. The molecule has 1 heterocycles. The van der Waals surface area contributed by atoms with Crippen molar-refractivity contribution in [1.82, 2.24) is 9.55 Å². The summed E-state index contributed by atoms with van der Waals surface area (Å²) in [6, 6.07) is 10.1. The van der Waals surface area contributed by atoms with E-state index >= 15 is 0 Å². The van der Waals surface area contributed by atoms with Crippen molar-refractivity contribution >= 4 is 5.97 Å². The molecule has 1 fully saturated rings. The van der Waals surface area contributed by atoms with Gasteiger partial charge in [0.15, 0.2) is 0 Å². The summed E-state index contributed by atoms with van der Waals surface area (Å²) in [5.41, 5.74) is 1.66. The minimum absolute atomic E-state index is 0.0606. The first-order chi connectivity index (χ1) is 9.25. The van der Waals surface area contributed by atoms with Crippen molar-refractivity contribution in [3.8, 4) is 0 Å². The van der Waals surface area contributed by atoms with Gasteiger partial charge in [0.25, 0.3) is 0 Å². The molecule has 2 aromatic rings. The van der Waals surface area contributed by atoms with Crippen LogP contribution in [0.5, 0.6) is 0 Å². The maximum absolute atomic E-state index is 12.0. The Labute approximate surface area is 112 Å². The van der Waals surface area contributed by atoms with Crippen molar-refractivity contribution in [2.75, 3.05) is 0 Å². The standard InChI is InChI=1S/C15H16N2O2/c1-11(12-5-3-2-4-6-12)17-10-16-9-14(17)15(18)19-13-7-8-13/h2-6,9-11,13H,7-8H2,1H3. The minimum Gasteiger partial charge on any atom is -0.458 e. The molecule has 98 valence electrons. The smallest absolute Gasteiger partial charge is 0.356 e. The zero-order chi connectivity index (χ0) is 13.2. The summed E-state index contributed by atoms with van der Waals surface area (Å²) in [6.07, 6.45) is 5.33. The highest BCUT2D eigenvalue weighted by Gasteiger charge is 2.28. The second kappa shape index (κ2) is 4.88. The summed E-state index contributed by atoms with van der Waals surface area (Å²) in [4.78, 5) is 16.1. The van der Waals surface area contributed by atoms with Gasteiger partial charge in [-0.15, -0.1) is 0 Å². The highest BCUT2D eigenvalue weighted by molar-refractivity contribution is 5.87. The van der Waals surface area contributed by atoms with E-state index < -0.39 is 0 Å². The Morgan fingerprint density at radius 2 is 2.11 bits per heavy atom. The number of rotatable bonds is 4. The molecule has 0 saturated heterocycles. The number of benzene rings is 1. The topological polar surface area (TPSA) is 44.1 Å². The van der Waals surface area contributed by atoms with E-state index in [2.05, 4.69) is 4.98 Å². The molecule has 1 unspecified atom stereocenters. The van der Waals surface area contributed by atoms with Crippen molar-refractivity contribution in [1.29, 1.82) is 0 Å². The zero-order valence-electron chi connectivity index (χ0n) is 10.8. The molecule has 0 N–H and O–H groups in total. The van der Waals surface area contributed by atoms with Gasteiger partial charge in [-0.05, 0) is 25.3 Å². The lowest BCUT2D eigenvalue weighted by atomic mass is 10.1. The SMILES string of the molecule is CC(c1ccccc1)n1cncc1C(=O)OC1CC1. The maximum atomic E-state index is 12.0. The van der Waals surface area contributed by atoms with E-state index in [9.17, 15) is 4.79 Å². The van der Waals surface area contributed by atoms with Gasteiger partial charge in [0.05, 0.1) is 18.6 Å². The number of imidazole rings is 1. The summed E-state index contributed by atoms with van der Waals surface area (Å²) < 4.78 is 7.19. The summed E-state index contributed by atoms with van der Waals surface area (Å²) in [5, 5.41) is 0. The zero-order valence-corrected chi connectivity index (χ0v) is 10.8. The van der Waals surface area contributed by atoms with Crippen LogP contribution in [0.2, 0.25) is 0 Å². The predicted octanol–water partition coefficient (Wildman–Crippen LogP) is 2.81. The van der Waals surface area contributed by atoms with E-state index in [0.717, 1.165) is 18.4 Å². The first kappa shape index (κ1) is 12.0. The number of esters is 1. The van der Waals surface area contributed by atoms with Crippen molar-refractivity contribution in [3.63, 3.8) is 0 Å². The predicted molar refractivity (Wildman–Crippen MR) is 70.9 cm³/mol. The van der Waals surface area contributed by atoms with Crippen LogP contribution in [0.15, 0.2) is 42.9 Å². The highest BCUT2D eigenvalue weighted by atomic mass is 16.5. The highest BCUT2D eigenvalue weighted by Crippen LogP contribution is 2.26. The summed E-state index contributed by atoms with van der Waals surface area (Å²) in [6.45, 7) is 2.05. The van der Waals surface area contributed by atoms with Gasteiger partial charge >= 0.3 is 5.97 Å². The molecule has 3 rings (SSSR count). The molecule has 0 aliphatic heterocycles. The van der Waals surface area contributed by atoms with Gasteiger partial charge in [-0.2, -0.15) is 0 Å². The number of nitrogens with zero attached hydrogens (tertiary/aromatic N) is 2. The van der Waals surface area contributed by atoms with E-state index in [1.807, 2.05) is 41.8 Å². The largest absolute Gasteiger partial charge is 0.458 e. The fraction of sp³-hybridized carbons (Fsp3) is 0.333. The van der Waals surface area contributed by atoms with E-state index in [1.54, 1.807) is 12.5 Å². The molecule has 0 bridgehead atoms. The van der Waals surface area contributed by atoms with Gasteiger partial charge in [0.1, 0.15) is 11.8 Å². The van der Waals surface area contributed by atoms with Crippen LogP contribution in [0.4, 0.5) is 0 Å². The van der Waals surface area contributed by atoms with Crippen LogP contribution in [0.25, 0.3) is 0 Å². The van der Waals surface area contributed by atoms with Crippen LogP contribution < -0.4 is 0 Å². The first-order valence-corrected chi connectivity index (χ1v) is 6.53. The Bertz CT molecular complexity index is 573. The Morgan fingerprint density at radius 1 is 1.37 bits per heavy atom. The average molecular weight is 256 g/mol. The second-order valence-corrected chi connectivity index (χ2v) is 4.88. The summed E-state index contributed by atoms with van der Waals surface area (Å²) in [5.74, 6) is -0.275. The maximum Gasteiger partial charge on any atom is 0.356 e. The molecule has 1 saturated carbocycles. The quantitative estimate of drug-likeness (QED) is 0.790. The number of carbonyl (C=O) groups excluding carboxylic acids is 1. The van der Waals surface area contributed by atoms with Crippen LogP contribution in [0.1, 0.15) is 41.9 Å². The Balaban J connectivity index is 1.84. The van der Waals surface area contributed by atoms with Crippen molar-refractivity contribution < 1.29 is 9.53 Å². The molecule has 0 radical (unpaired) electrons. The lowest BCUT2D eigenvalue weighted by Crippen LogP contribution is -2.16. The molecule has 0 amide bonds. The number of hydrogen-bond acceptors (Lipinski definition) is 3. The average Bonchev–Trinajstić information content (AvgIpc) is 3.11. The molecule has 1 atom stereocenters. The number of carbonyl (C=O) groups is 1. The molecule has 1 aliphatic rings. The van der Waals surface area contributed by atoms with Gasteiger partial charge in [-0.3, -0.25) is 0 Å². The second-order valence-electron chi connectivity index (χ2n) is 4.88. The molecule has 1 aromatic heterocycles. The normalized spacial score (nSPS) is 16.1. The molecular formula is C15H16N2O2. The fourth-order valence-corrected chi connectivity index (χ4v) is 2.06. The van der Waals surface area contributed by atoms with Crippen LogP contribution in [-0.2, 0) is 4.74 Å². The third-order valence-electron chi connectivity index (χ3n) is 3.37.